The van der Waals surface area contributed by atoms with Gasteiger partial charge in [-0.1, -0.05) is 11.6 Å². The Morgan fingerprint density at radius 3 is 2.45 bits per heavy atom. The minimum absolute atomic E-state index is 0.0237. The van der Waals surface area contributed by atoms with Crippen LogP contribution in [0.25, 0.3) is 0 Å². The average Bonchev–Trinajstić information content (AvgIpc) is 2.48. The van der Waals surface area contributed by atoms with Crippen LogP contribution in [0.4, 0.5) is 17.1 Å². The predicted octanol–water partition coefficient (Wildman–Crippen LogP) is 3.70. The molecular weight excluding hydrogens is 312 g/mol. The molecule has 0 saturated carbocycles. The van der Waals surface area contributed by atoms with Gasteiger partial charge in [0.1, 0.15) is 11.4 Å². The zero-order valence-corrected chi connectivity index (χ0v) is 12.1. The first-order valence-corrected chi connectivity index (χ1v) is 6.42. The molecule has 0 aliphatic carbocycles. The van der Waals surface area contributed by atoms with Crippen molar-refractivity contribution in [2.45, 2.75) is 0 Å². The molecule has 114 valence electrons. The number of rotatable bonds is 5. The zero-order valence-electron chi connectivity index (χ0n) is 11.4. The van der Waals surface area contributed by atoms with Gasteiger partial charge in [0.25, 0.3) is 5.69 Å². The molecule has 2 aromatic carbocycles. The summed E-state index contributed by atoms with van der Waals surface area (Å²) >= 11 is 5.74. The van der Waals surface area contributed by atoms with Crippen LogP contribution in [0.2, 0.25) is 5.02 Å². The number of halogens is 1. The molecule has 8 heteroatoms. The first-order chi connectivity index (χ1) is 10.4. The van der Waals surface area contributed by atoms with Gasteiger partial charge in [-0.05, 0) is 30.3 Å². The number of benzene rings is 2. The van der Waals surface area contributed by atoms with Crippen molar-refractivity contribution in [3.63, 3.8) is 0 Å². The average molecular weight is 323 g/mol. The Morgan fingerprint density at radius 1 is 1.32 bits per heavy atom. The molecule has 2 rings (SSSR count). The fraction of sp³-hybridized carbons (Fsp3) is 0.0714. The van der Waals surface area contributed by atoms with Gasteiger partial charge in [0.2, 0.25) is 0 Å². The number of carbonyl (C=O) groups is 1. The van der Waals surface area contributed by atoms with E-state index >= 15 is 0 Å². The normalized spacial score (nSPS) is 10.1. The molecule has 0 saturated heterocycles. The maximum atomic E-state index is 11.3. The van der Waals surface area contributed by atoms with Crippen molar-refractivity contribution in [1.29, 1.82) is 0 Å². The third kappa shape index (κ3) is 3.26. The molecule has 22 heavy (non-hydrogen) atoms. The van der Waals surface area contributed by atoms with Crippen molar-refractivity contribution < 1.29 is 19.6 Å². The summed E-state index contributed by atoms with van der Waals surface area (Å²) in [6.07, 6.45) is 0. The number of carboxylic acids is 1. The van der Waals surface area contributed by atoms with E-state index in [4.69, 9.17) is 16.3 Å². The molecule has 7 nitrogen and oxygen atoms in total. The Kier molecular flexibility index (Phi) is 4.47. The summed E-state index contributed by atoms with van der Waals surface area (Å²) in [4.78, 5) is 21.7. The van der Waals surface area contributed by atoms with E-state index in [1.807, 2.05) is 0 Å². The Balaban J connectivity index is 2.51. The van der Waals surface area contributed by atoms with E-state index in [0.29, 0.717) is 11.4 Å². The molecule has 0 bridgehead atoms. The number of nitrogens with one attached hydrogen (secondary N) is 1. The van der Waals surface area contributed by atoms with Gasteiger partial charge in [-0.2, -0.15) is 0 Å². The van der Waals surface area contributed by atoms with Gasteiger partial charge in [-0.3, -0.25) is 10.1 Å². The van der Waals surface area contributed by atoms with E-state index in [9.17, 15) is 20.0 Å². The minimum Gasteiger partial charge on any atom is -0.497 e. The van der Waals surface area contributed by atoms with Gasteiger partial charge < -0.3 is 15.2 Å². The molecule has 2 aromatic rings. The largest absolute Gasteiger partial charge is 0.497 e. The van der Waals surface area contributed by atoms with Crippen molar-refractivity contribution in [1.82, 2.24) is 0 Å². The van der Waals surface area contributed by atoms with Crippen LogP contribution in [0.3, 0.4) is 0 Å². The Bertz CT molecular complexity index is 696. The summed E-state index contributed by atoms with van der Waals surface area (Å²) < 4.78 is 5.01. The smallest absolute Gasteiger partial charge is 0.338 e. The summed E-state index contributed by atoms with van der Waals surface area (Å²) in [6, 6.07) is 8.77. The number of hydrogen-bond acceptors (Lipinski definition) is 5. The van der Waals surface area contributed by atoms with Crippen LogP contribution in [0.15, 0.2) is 36.4 Å². The molecule has 0 fully saturated rings. The van der Waals surface area contributed by atoms with E-state index < -0.39 is 16.6 Å². The molecule has 0 atom stereocenters. The van der Waals surface area contributed by atoms with Crippen LogP contribution in [-0.2, 0) is 0 Å². The maximum absolute atomic E-state index is 11.3. The minimum atomic E-state index is -1.32. The van der Waals surface area contributed by atoms with Crippen LogP contribution < -0.4 is 10.1 Å². The van der Waals surface area contributed by atoms with E-state index in [2.05, 4.69) is 5.32 Å². The summed E-state index contributed by atoms with van der Waals surface area (Å²) in [5.41, 5.74) is -0.350. The molecule has 0 spiro atoms. The summed E-state index contributed by atoms with van der Waals surface area (Å²) in [5.74, 6) is -0.712. The number of anilines is 2. The van der Waals surface area contributed by atoms with Gasteiger partial charge >= 0.3 is 5.97 Å². The quantitative estimate of drug-likeness (QED) is 0.643. The number of nitro groups is 1. The van der Waals surface area contributed by atoms with E-state index in [0.717, 1.165) is 12.1 Å². The molecule has 2 N–H and O–H groups in total. The van der Waals surface area contributed by atoms with Crippen LogP contribution in [0, 0.1) is 10.1 Å². The monoisotopic (exact) mass is 322 g/mol. The number of hydrogen-bond donors (Lipinski definition) is 2. The van der Waals surface area contributed by atoms with E-state index in [1.165, 1.54) is 7.11 Å². The van der Waals surface area contributed by atoms with E-state index in [1.54, 1.807) is 24.3 Å². The van der Waals surface area contributed by atoms with Crippen molar-refractivity contribution in [3.05, 3.63) is 57.1 Å². The zero-order chi connectivity index (χ0) is 16.3. The molecule has 0 radical (unpaired) electrons. The summed E-state index contributed by atoms with van der Waals surface area (Å²) in [5, 5.41) is 23.1. The molecule has 0 heterocycles. The number of aromatic carboxylic acids is 1. The highest BCUT2D eigenvalue weighted by atomic mass is 35.5. The van der Waals surface area contributed by atoms with E-state index in [-0.39, 0.29) is 16.3 Å². The fourth-order valence-corrected chi connectivity index (χ4v) is 2.07. The lowest BCUT2D eigenvalue weighted by molar-refractivity contribution is -0.383. The first-order valence-electron chi connectivity index (χ1n) is 6.04. The lowest BCUT2D eigenvalue weighted by Gasteiger charge is -2.11. The highest BCUT2D eigenvalue weighted by Crippen LogP contribution is 2.34. The Hall–Kier alpha value is -2.80. The second-order valence-corrected chi connectivity index (χ2v) is 4.70. The highest BCUT2D eigenvalue weighted by molar-refractivity contribution is 6.31. The SMILES string of the molecule is COc1ccc(Nc2c(C(=O)O)cc(Cl)cc2[N+](=O)[O-])cc1. The fourth-order valence-electron chi connectivity index (χ4n) is 1.86. The van der Waals surface area contributed by atoms with Gasteiger partial charge in [-0.25, -0.2) is 4.79 Å². The summed E-state index contributed by atoms with van der Waals surface area (Å²) in [7, 11) is 1.51. The maximum Gasteiger partial charge on any atom is 0.338 e. The first kappa shape index (κ1) is 15.6. The van der Waals surface area contributed by atoms with Crippen molar-refractivity contribution in [3.8, 4) is 5.75 Å². The number of ether oxygens (including phenoxy) is 1. The molecule has 0 aliphatic heterocycles. The topological polar surface area (TPSA) is 102 Å². The number of nitrogens with zero attached hydrogens (tertiary/aromatic N) is 1. The molecule has 0 aliphatic rings. The van der Waals surface area contributed by atoms with Crippen molar-refractivity contribution in [2.75, 3.05) is 12.4 Å². The van der Waals surface area contributed by atoms with Crippen LogP contribution in [0.1, 0.15) is 10.4 Å². The lowest BCUT2D eigenvalue weighted by atomic mass is 10.1. The molecule has 0 aromatic heterocycles. The van der Waals surface area contributed by atoms with Crippen LogP contribution in [-0.4, -0.2) is 23.1 Å². The van der Waals surface area contributed by atoms with Crippen molar-refractivity contribution >= 4 is 34.6 Å². The second kappa shape index (κ2) is 6.31. The van der Waals surface area contributed by atoms with Gasteiger partial charge in [0.05, 0.1) is 17.6 Å². The lowest BCUT2D eigenvalue weighted by Crippen LogP contribution is -2.06. The third-order valence-electron chi connectivity index (χ3n) is 2.87. The van der Waals surface area contributed by atoms with Crippen LogP contribution in [0.5, 0.6) is 5.75 Å². The van der Waals surface area contributed by atoms with Gasteiger partial charge in [-0.15, -0.1) is 0 Å². The Labute approximate surface area is 130 Å². The predicted molar refractivity (Wildman–Crippen MR) is 81.3 cm³/mol. The second-order valence-electron chi connectivity index (χ2n) is 4.26. The Morgan fingerprint density at radius 2 is 1.95 bits per heavy atom. The molecule has 0 unspecified atom stereocenters. The number of methoxy groups -OCH3 is 1. The van der Waals surface area contributed by atoms with Crippen LogP contribution >= 0.6 is 11.6 Å². The van der Waals surface area contributed by atoms with Gasteiger partial charge in [0, 0.05) is 16.8 Å². The third-order valence-corrected chi connectivity index (χ3v) is 3.09. The van der Waals surface area contributed by atoms with Gasteiger partial charge in [0.15, 0.2) is 0 Å². The number of carboxylic acid groups (broad SMARTS) is 1. The highest BCUT2D eigenvalue weighted by Gasteiger charge is 2.23. The summed E-state index contributed by atoms with van der Waals surface area (Å²) in [6.45, 7) is 0. The standard InChI is InChI=1S/C14H11ClN2O5/c1-22-10-4-2-9(3-5-10)16-13-11(14(18)19)6-8(15)7-12(13)17(20)21/h2-7,16H,1H3,(H,18,19). The molecular formula is C14H11ClN2O5. The number of nitro benzene ring substituents is 1. The molecule has 0 amide bonds. The van der Waals surface area contributed by atoms with Crippen molar-refractivity contribution in [2.24, 2.45) is 0 Å².